The van der Waals surface area contributed by atoms with Crippen molar-refractivity contribution in [1.29, 1.82) is 0 Å². The number of hydrogen-bond acceptors (Lipinski definition) is 6. The summed E-state index contributed by atoms with van der Waals surface area (Å²) in [6, 6.07) is 8.45. The second-order valence-corrected chi connectivity index (χ2v) is 9.74. The van der Waals surface area contributed by atoms with Crippen molar-refractivity contribution < 1.29 is 19.5 Å². The van der Waals surface area contributed by atoms with Gasteiger partial charge in [0, 0.05) is 24.6 Å². The molecular weight excluding hydrogens is 394 g/mol. The van der Waals surface area contributed by atoms with Crippen molar-refractivity contribution in [3.05, 3.63) is 35.5 Å². The van der Waals surface area contributed by atoms with Gasteiger partial charge in [0.25, 0.3) is 0 Å². The minimum atomic E-state index is -0.629. The molecular formula is C24H33N3O4. The molecule has 1 spiro atoms. The smallest absolute Gasteiger partial charge is 0.354 e. The van der Waals surface area contributed by atoms with Crippen LogP contribution in [0.25, 0.3) is 10.9 Å². The standard InChI is InChI=1S/C24H33N3O4/c1-4-30-21(28)20-12-18-11-16(17-7-10-31-23(14-17)8-9-23)5-6-19(18)27(20)24(13-15(24)2)22(25)26(3)29/h5-6,11-12,15,17,22,29H,4,7-10,13-14,25H2,1-3H3/t15-,17-,22?,24-/m1/s1. The molecule has 3 aliphatic rings. The largest absolute Gasteiger partial charge is 0.461 e. The van der Waals surface area contributed by atoms with Gasteiger partial charge in [0.2, 0.25) is 0 Å². The first-order valence-electron chi connectivity index (χ1n) is 11.5. The molecule has 3 N–H and O–H groups in total. The minimum absolute atomic E-state index is 0.117. The monoisotopic (exact) mass is 427 g/mol. The fraction of sp³-hybridized carbons (Fsp3) is 0.625. The molecule has 2 aliphatic carbocycles. The van der Waals surface area contributed by atoms with Crippen molar-refractivity contribution in [3.63, 3.8) is 0 Å². The Balaban J connectivity index is 1.60. The van der Waals surface area contributed by atoms with Crippen molar-refractivity contribution in [2.75, 3.05) is 20.3 Å². The van der Waals surface area contributed by atoms with E-state index in [1.165, 1.54) is 18.4 Å². The van der Waals surface area contributed by atoms with Crippen LogP contribution in [0.2, 0.25) is 0 Å². The Morgan fingerprint density at radius 3 is 2.74 bits per heavy atom. The van der Waals surface area contributed by atoms with Gasteiger partial charge in [-0.25, -0.2) is 4.79 Å². The fourth-order valence-electron chi connectivity index (χ4n) is 5.70. The maximum atomic E-state index is 12.9. The normalized spacial score (nSPS) is 30.0. The van der Waals surface area contributed by atoms with Gasteiger partial charge in [-0.2, -0.15) is 5.06 Å². The second-order valence-electron chi connectivity index (χ2n) is 9.74. The molecule has 1 aromatic carbocycles. The molecule has 5 rings (SSSR count). The van der Waals surface area contributed by atoms with E-state index >= 15 is 0 Å². The number of nitrogens with two attached hydrogens (primary N) is 1. The SMILES string of the molecule is CCOC(=O)c1cc2cc([C@@H]3CCOC4(CC4)C3)ccc2n1[C@]1(C(N)N(C)O)C[C@H]1C. The number of hydroxylamine groups is 2. The molecule has 7 heteroatoms. The first-order valence-corrected chi connectivity index (χ1v) is 11.5. The molecule has 1 aromatic heterocycles. The number of aromatic nitrogens is 1. The summed E-state index contributed by atoms with van der Waals surface area (Å²) in [6.45, 7) is 5.04. The van der Waals surface area contributed by atoms with Gasteiger partial charge in [0.05, 0.1) is 17.7 Å². The van der Waals surface area contributed by atoms with Gasteiger partial charge in [-0.05, 0) is 74.6 Å². The minimum Gasteiger partial charge on any atom is -0.461 e. The summed E-state index contributed by atoms with van der Waals surface area (Å²) in [6.07, 6.45) is 4.60. The highest BCUT2D eigenvalue weighted by Gasteiger charge is 2.60. The zero-order chi connectivity index (χ0) is 22.0. The van der Waals surface area contributed by atoms with Crippen LogP contribution in [0.1, 0.15) is 67.9 Å². The Bertz CT molecular complexity index is 1010. The molecule has 1 unspecified atom stereocenters. The van der Waals surface area contributed by atoms with E-state index < -0.39 is 11.7 Å². The number of likely N-dealkylation sites (N-methyl/N-ethyl adjacent to an activating group) is 1. The zero-order valence-electron chi connectivity index (χ0n) is 18.6. The third-order valence-corrected chi connectivity index (χ3v) is 7.74. The van der Waals surface area contributed by atoms with Crippen molar-refractivity contribution in [2.45, 2.75) is 69.2 Å². The van der Waals surface area contributed by atoms with Crippen LogP contribution < -0.4 is 5.73 Å². The lowest BCUT2D eigenvalue weighted by atomic mass is 9.87. The van der Waals surface area contributed by atoms with Gasteiger partial charge in [0.1, 0.15) is 11.9 Å². The maximum absolute atomic E-state index is 12.9. The molecule has 0 bridgehead atoms. The first-order chi connectivity index (χ1) is 14.8. The highest BCUT2D eigenvalue weighted by Crippen LogP contribution is 2.55. The molecule has 2 heterocycles. The number of fused-ring (bicyclic) bond motifs is 1. The Morgan fingerprint density at radius 1 is 1.39 bits per heavy atom. The van der Waals surface area contributed by atoms with Crippen molar-refractivity contribution in [2.24, 2.45) is 11.7 Å². The van der Waals surface area contributed by atoms with Crippen LogP contribution in [0.3, 0.4) is 0 Å². The van der Waals surface area contributed by atoms with Crippen LogP contribution >= 0.6 is 0 Å². The second kappa shape index (κ2) is 7.30. The topological polar surface area (TPSA) is 90.0 Å². The molecule has 3 fully saturated rings. The van der Waals surface area contributed by atoms with E-state index in [4.69, 9.17) is 15.2 Å². The van der Waals surface area contributed by atoms with Gasteiger partial charge in [-0.3, -0.25) is 0 Å². The maximum Gasteiger partial charge on any atom is 0.354 e. The predicted molar refractivity (Wildman–Crippen MR) is 117 cm³/mol. The summed E-state index contributed by atoms with van der Waals surface area (Å²) < 4.78 is 13.4. The summed E-state index contributed by atoms with van der Waals surface area (Å²) in [4.78, 5) is 12.9. The number of esters is 1. The molecule has 168 valence electrons. The molecule has 0 amide bonds. The van der Waals surface area contributed by atoms with Crippen LogP contribution in [0.4, 0.5) is 0 Å². The predicted octanol–water partition coefficient (Wildman–Crippen LogP) is 3.59. The molecule has 7 nitrogen and oxygen atoms in total. The van der Waals surface area contributed by atoms with E-state index in [0.717, 1.165) is 41.8 Å². The Morgan fingerprint density at radius 2 is 2.13 bits per heavy atom. The van der Waals surface area contributed by atoms with Crippen molar-refractivity contribution >= 4 is 16.9 Å². The number of hydrogen-bond donors (Lipinski definition) is 2. The first kappa shape index (κ1) is 20.9. The lowest BCUT2D eigenvalue weighted by Gasteiger charge is -2.32. The molecule has 2 saturated carbocycles. The Kier molecular flexibility index (Phi) is 4.93. The van der Waals surface area contributed by atoms with E-state index in [2.05, 4.69) is 25.1 Å². The number of rotatable bonds is 6. The third kappa shape index (κ3) is 3.30. The average molecular weight is 428 g/mol. The van der Waals surface area contributed by atoms with Gasteiger partial charge >= 0.3 is 5.97 Å². The lowest BCUT2D eigenvalue weighted by Crippen LogP contribution is -2.51. The number of nitrogens with zero attached hydrogens (tertiary/aromatic N) is 2. The van der Waals surface area contributed by atoms with Gasteiger partial charge < -0.3 is 25.0 Å². The zero-order valence-corrected chi connectivity index (χ0v) is 18.6. The number of ether oxygens (including phenoxy) is 2. The van der Waals surface area contributed by atoms with E-state index in [0.29, 0.717) is 18.2 Å². The summed E-state index contributed by atoms with van der Waals surface area (Å²) in [5.41, 5.74) is 8.78. The molecule has 0 radical (unpaired) electrons. The summed E-state index contributed by atoms with van der Waals surface area (Å²) in [5.74, 6) is 0.356. The van der Waals surface area contributed by atoms with Gasteiger partial charge in [0.15, 0.2) is 0 Å². The van der Waals surface area contributed by atoms with Crippen LogP contribution in [-0.2, 0) is 15.0 Å². The van der Waals surface area contributed by atoms with E-state index in [1.54, 1.807) is 7.05 Å². The number of carbonyl (C=O) groups excluding carboxylic acids is 1. The van der Waals surface area contributed by atoms with Crippen molar-refractivity contribution in [1.82, 2.24) is 9.63 Å². The van der Waals surface area contributed by atoms with Gasteiger partial charge in [-0.15, -0.1) is 0 Å². The molecule has 4 atom stereocenters. The molecule has 2 aromatic rings. The van der Waals surface area contributed by atoms with Crippen LogP contribution in [-0.4, -0.2) is 52.8 Å². The Hall–Kier alpha value is -1.93. The molecule has 31 heavy (non-hydrogen) atoms. The highest BCUT2D eigenvalue weighted by molar-refractivity contribution is 5.96. The number of carbonyl (C=O) groups is 1. The molecule has 1 saturated heterocycles. The summed E-state index contributed by atoms with van der Waals surface area (Å²) in [5, 5.41) is 12.2. The Labute approximate surface area is 183 Å². The van der Waals surface area contributed by atoms with E-state index in [-0.39, 0.29) is 17.5 Å². The van der Waals surface area contributed by atoms with Crippen LogP contribution in [0, 0.1) is 5.92 Å². The average Bonchev–Trinajstić information content (AvgIpc) is 3.61. The van der Waals surface area contributed by atoms with E-state index in [1.807, 2.05) is 17.6 Å². The third-order valence-electron chi connectivity index (χ3n) is 7.74. The van der Waals surface area contributed by atoms with Gasteiger partial charge in [-0.1, -0.05) is 13.0 Å². The quantitative estimate of drug-likeness (QED) is 0.416. The highest BCUT2D eigenvalue weighted by atomic mass is 16.5. The van der Waals surface area contributed by atoms with Crippen LogP contribution in [0.5, 0.6) is 0 Å². The van der Waals surface area contributed by atoms with Crippen molar-refractivity contribution in [3.8, 4) is 0 Å². The lowest BCUT2D eigenvalue weighted by molar-refractivity contribution is -0.121. The molecule has 1 aliphatic heterocycles. The fourth-order valence-corrected chi connectivity index (χ4v) is 5.70. The summed E-state index contributed by atoms with van der Waals surface area (Å²) in [7, 11) is 1.56. The van der Waals surface area contributed by atoms with Crippen LogP contribution in [0.15, 0.2) is 24.3 Å². The summed E-state index contributed by atoms with van der Waals surface area (Å²) >= 11 is 0. The number of benzene rings is 1. The van der Waals surface area contributed by atoms with E-state index in [9.17, 15) is 10.0 Å².